The van der Waals surface area contributed by atoms with Crippen LogP contribution in [0.3, 0.4) is 0 Å². The zero-order valence-corrected chi connectivity index (χ0v) is 13.4. The average Bonchev–Trinajstić information content (AvgIpc) is 2.41. The van der Waals surface area contributed by atoms with E-state index in [1.54, 1.807) is 0 Å². The van der Waals surface area contributed by atoms with Crippen LogP contribution in [0.25, 0.3) is 22.2 Å². The lowest BCUT2D eigenvalue weighted by Crippen LogP contribution is -1.88. The zero-order chi connectivity index (χ0) is 13.4. The highest BCUT2D eigenvalue weighted by Gasteiger charge is 2.09. The van der Waals surface area contributed by atoms with Crippen LogP contribution in [0.2, 0.25) is 10.0 Å². The van der Waals surface area contributed by atoms with Crippen LogP contribution in [-0.4, -0.2) is 4.98 Å². The maximum Gasteiger partial charge on any atom is 0.0911 e. The van der Waals surface area contributed by atoms with Gasteiger partial charge in [0.2, 0.25) is 0 Å². The van der Waals surface area contributed by atoms with Crippen molar-refractivity contribution in [1.29, 1.82) is 0 Å². The first-order valence-electron chi connectivity index (χ1n) is 5.66. The lowest BCUT2D eigenvalue weighted by Gasteiger charge is -2.07. The fourth-order valence-corrected chi connectivity index (χ4v) is 3.28. The van der Waals surface area contributed by atoms with Crippen molar-refractivity contribution in [1.82, 2.24) is 4.98 Å². The molecule has 0 unspecified atom stereocenters. The lowest BCUT2D eigenvalue weighted by molar-refractivity contribution is 1.40. The maximum absolute atomic E-state index is 6.35. The van der Waals surface area contributed by atoms with E-state index in [1.165, 1.54) is 0 Å². The van der Waals surface area contributed by atoms with Gasteiger partial charge in [0.15, 0.2) is 0 Å². The van der Waals surface area contributed by atoms with Crippen LogP contribution in [0.1, 0.15) is 0 Å². The molecule has 0 aliphatic carbocycles. The van der Waals surface area contributed by atoms with Gasteiger partial charge in [0.05, 0.1) is 21.3 Å². The highest BCUT2D eigenvalue weighted by molar-refractivity contribution is 14.1. The molecule has 0 fully saturated rings. The molecule has 1 aromatic heterocycles. The molecule has 0 atom stereocenters. The summed E-state index contributed by atoms with van der Waals surface area (Å²) in [5, 5.41) is 2.18. The zero-order valence-electron chi connectivity index (χ0n) is 9.70. The summed E-state index contributed by atoms with van der Waals surface area (Å²) < 4.78 is 1.05. The van der Waals surface area contributed by atoms with Crippen LogP contribution in [0, 0.1) is 3.57 Å². The Kier molecular flexibility index (Phi) is 3.65. The highest BCUT2D eigenvalue weighted by Crippen LogP contribution is 2.33. The average molecular weight is 400 g/mol. The first kappa shape index (κ1) is 13.2. The summed E-state index contributed by atoms with van der Waals surface area (Å²) in [6.07, 6.45) is 0. The van der Waals surface area contributed by atoms with E-state index in [0.717, 1.165) is 25.7 Å². The first-order valence-corrected chi connectivity index (χ1v) is 7.49. The molecule has 0 amide bonds. The molecule has 0 saturated carbocycles. The van der Waals surface area contributed by atoms with Gasteiger partial charge in [-0.15, -0.1) is 0 Å². The molecule has 19 heavy (non-hydrogen) atoms. The van der Waals surface area contributed by atoms with Crippen molar-refractivity contribution in [3.63, 3.8) is 0 Å². The van der Waals surface area contributed by atoms with Gasteiger partial charge in [-0.2, -0.15) is 0 Å². The minimum atomic E-state index is 0.626. The van der Waals surface area contributed by atoms with Crippen molar-refractivity contribution in [2.75, 3.05) is 0 Å². The fraction of sp³-hybridized carbons (Fsp3) is 0. The minimum absolute atomic E-state index is 0.626. The Morgan fingerprint density at radius 3 is 2.37 bits per heavy atom. The van der Waals surface area contributed by atoms with Crippen LogP contribution in [-0.2, 0) is 0 Å². The maximum atomic E-state index is 6.35. The quantitative estimate of drug-likeness (QED) is 0.470. The Balaban J connectivity index is 2.31. The van der Waals surface area contributed by atoms with Gasteiger partial charge < -0.3 is 0 Å². The van der Waals surface area contributed by atoms with E-state index in [2.05, 4.69) is 27.6 Å². The molecule has 0 bridgehead atoms. The SMILES string of the molecule is Clc1cc(-c2ccccc2)nc2c(Cl)cc(I)cc12. The Morgan fingerprint density at radius 2 is 1.63 bits per heavy atom. The standard InChI is InChI=1S/C15H8Cl2IN/c16-12-8-14(9-4-2-1-3-5-9)19-15-11(12)6-10(18)7-13(15)17/h1-8H. The molecular formula is C15H8Cl2IN. The molecular weight excluding hydrogens is 392 g/mol. The summed E-state index contributed by atoms with van der Waals surface area (Å²) in [5.41, 5.74) is 2.61. The molecule has 0 spiro atoms. The van der Waals surface area contributed by atoms with Crippen molar-refractivity contribution in [3.05, 3.63) is 62.1 Å². The van der Waals surface area contributed by atoms with Crippen molar-refractivity contribution in [2.24, 2.45) is 0 Å². The number of nitrogens with zero attached hydrogens (tertiary/aromatic N) is 1. The van der Waals surface area contributed by atoms with E-state index in [-0.39, 0.29) is 0 Å². The molecule has 3 aromatic rings. The molecule has 0 radical (unpaired) electrons. The van der Waals surface area contributed by atoms with E-state index in [4.69, 9.17) is 23.2 Å². The number of fused-ring (bicyclic) bond motifs is 1. The van der Waals surface area contributed by atoms with Crippen LogP contribution in [0.4, 0.5) is 0 Å². The summed E-state index contributed by atoms with van der Waals surface area (Å²) in [4.78, 5) is 4.63. The number of aromatic nitrogens is 1. The van der Waals surface area contributed by atoms with Gasteiger partial charge >= 0.3 is 0 Å². The van der Waals surface area contributed by atoms with E-state index < -0.39 is 0 Å². The van der Waals surface area contributed by atoms with Crippen molar-refractivity contribution in [2.45, 2.75) is 0 Å². The normalized spacial score (nSPS) is 10.9. The van der Waals surface area contributed by atoms with Gasteiger partial charge in [-0.25, -0.2) is 4.98 Å². The monoisotopic (exact) mass is 399 g/mol. The second-order valence-electron chi connectivity index (χ2n) is 4.14. The third-order valence-corrected chi connectivity index (χ3v) is 4.07. The molecule has 0 aliphatic rings. The largest absolute Gasteiger partial charge is 0.246 e. The summed E-state index contributed by atoms with van der Waals surface area (Å²) in [6.45, 7) is 0. The van der Waals surface area contributed by atoms with E-state index in [9.17, 15) is 0 Å². The van der Waals surface area contributed by atoms with Crippen LogP contribution < -0.4 is 0 Å². The topological polar surface area (TPSA) is 12.9 Å². The molecule has 4 heteroatoms. The van der Waals surface area contributed by atoms with Gasteiger partial charge in [-0.1, -0.05) is 53.5 Å². The third kappa shape index (κ3) is 2.57. The number of hydrogen-bond donors (Lipinski definition) is 0. The van der Waals surface area contributed by atoms with E-state index >= 15 is 0 Å². The molecule has 1 heterocycles. The first-order chi connectivity index (χ1) is 9.15. The van der Waals surface area contributed by atoms with Crippen molar-refractivity contribution < 1.29 is 0 Å². The van der Waals surface area contributed by atoms with Crippen LogP contribution >= 0.6 is 45.8 Å². The molecule has 0 saturated heterocycles. The number of halogens is 3. The second kappa shape index (κ2) is 5.27. The van der Waals surface area contributed by atoms with Crippen LogP contribution in [0.5, 0.6) is 0 Å². The predicted molar refractivity (Wildman–Crippen MR) is 89.9 cm³/mol. The Morgan fingerprint density at radius 1 is 0.895 bits per heavy atom. The predicted octanol–water partition coefficient (Wildman–Crippen LogP) is 5.81. The Bertz CT molecular complexity index is 757. The number of rotatable bonds is 1. The molecule has 3 rings (SSSR count). The molecule has 1 nitrogen and oxygen atoms in total. The lowest BCUT2D eigenvalue weighted by atomic mass is 10.1. The highest BCUT2D eigenvalue weighted by atomic mass is 127. The van der Waals surface area contributed by atoms with Crippen LogP contribution in [0.15, 0.2) is 48.5 Å². The molecule has 94 valence electrons. The van der Waals surface area contributed by atoms with Crippen molar-refractivity contribution in [3.8, 4) is 11.3 Å². The Hall–Kier alpha value is -0.840. The van der Waals surface area contributed by atoms with Gasteiger partial charge in [-0.3, -0.25) is 0 Å². The number of benzene rings is 2. The number of hydrogen-bond acceptors (Lipinski definition) is 1. The summed E-state index contributed by atoms with van der Waals surface area (Å²) in [5.74, 6) is 0. The third-order valence-electron chi connectivity index (χ3n) is 2.85. The fourth-order valence-electron chi connectivity index (χ4n) is 1.97. The van der Waals surface area contributed by atoms with E-state index in [1.807, 2.05) is 48.5 Å². The summed E-state index contributed by atoms with van der Waals surface area (Å²) >= 11 is 14.8. The molecule has 0 N–H and O–H groups in total. The Labute approximate surface area is 134 Å². The van der Waals surface area contributed by atoms with Gasteiger partial charge in [0, 0.05) is 14.5 Å². The smallest absolute Gasteiger partial charge is 0.0911 e. The summed E-state index contributed by atoms with van der Waals surface area (Å²) in [6, 6.07) is 15.7. The molecule has 2 aromatic carbocycles. The second-order valence-corrected chi connectivity index (χ2v) is 6.20. The molecule has 0 aliphatic heterocycles. The van der Waals surface area contributed by atoms with Gasteiger partial charge in [0.25, 0.3) is 0 Å². The van der Waals surface area contributed by atoms with Gasteiger partial charge in [0.1, 0.15) is 0 Å². The number of pyridine rings is 1. The summed E-state index contributed by atoms with van der Waals surface area (Å²) in [7, 11) is 0. The van der Waals surface area contributed by atoms with E-state index in [0.29, 0.717) is 10.0 Å². The van der Waals surface area contributed by atoms with Crippen molar-refractivity contribution >= 4 is 56.7 Å². The minimum Gasteiger partial charge on any atom is -0.246 e. The van der Waals surface area contributed by atoms with Gasteiger partial charge in [-0.05, 0) is 40.8 Å².